The minimum atomic E-state index is 0.172. The van der Waals surface area contributed by atoms with Crippen molar-refractivity contribution >= 4 is 0 Å². The van der Waals surface area contributed by atoms with E-state index in [0.717, 1.165) is 31.0 Å². The van der Waals surface area contributed by atoms with Crippen molar-refractivity contribution in [3.63, 3.8) is 0 Å². The lowest BCUT2D eigenvalue weighted by atomic mass is 10.0. The predicted molar refractivity (Wildman–Crippen MR) is 68.3 cm³/mol. The molecule has 1 aromatic carbocycles. The smallest absolute Gasteiger partial charge is 0.122 e. The van der Waals surface area contributed by atoms with Crippen LogP contribution < -0.4 is 10.1 Å². The van der Waals surface area contributed by atoms with Crippen molar-refractivity contribution < 1.29 is 9.84 Å². The van der Waals surface area contributed by atoms with Crippen molar-refractivity contribution in [3.8, 4) is 5.75 Å². The van der Waals surface area contributed by atoms with E-state index in [0.29, 0.717) is 12.3 Å². The molecule has 0 aliphatic carbocycles. The van der Waals surface area contributed by atoms with Crippen LogP contribution >= 0.6 is 0 Å². The van der Waals surface area contributed by atoms with E-state index in [4.69, 9.17) is 9.84 Å². The van der Waals surface area contributed by atoms with Crippen LogP contribution in [0.1, 0.15) is 18.4 Å². The first-order valence-corrected chi connectivity index (χ1v) is 6.42. The average Bonchev–Trinajstić information content (AvgIpc) is 2.39. The Hall–Kier alpha value is -1.06. The van der Waals surface area contributed by atoms with Crippen molar-refractivity contribution in [1.29, 1.82) is 0 Å². The van der Waals surface area contributed by atoms with Gasteiger partial charge in [0.25, 0.3) is 0 Å². The summed E-state index contributed by atoms with van der Waals surface area (Å²) < 4.78 is 5.88. The zero-order valence-electron chi connectivity index (χ0n) is 10.2. The molecule has 0 amide bonds. The Bertz CT molecular complexity index is 335. The van der Waals surface area contributed by atoms with Crippen LogP contribution in [0.25, 0.3) is 0 Å². The van der Waals surface area contributed by atoms with E-state index >= 15 is 0 Å². The highest BCUT2D eigenvalue weighted by molar-refractivity contribution is 5.33. The summed E-state index contributed by atoms with van der Waals surface area (Å²) in [5.74, 6) is 1.54. The largest absolute Gasteiger partial charge is 0.493 e. The highest BCUT2D eigenvalue weighted by Gasteiger charge is 2.14. The van der Waals surface area contributed by atoms with Gasteiger partial charge in [-0.25, -0.2) is 0 Å². The van der Waals surface area contributed by atoms with Gasteiger partial charge in [0.15, 0.2) is 0 Å². The summed E-state index contributed by atoms with van der Waals surface area (Å²) in [5.41, 5.74) is 1.10. The first-order chi connectivity index (χ1) is 8.40. The van der Waals surface area contributed by atoms with E-state index in [1.54, 1.807) is 0 Å². The number of nitrogens with one attached hydrogen (secondary N) is 1. The summed E-state index contributed by atoms with van der Waals surface area (Å²) in [7, 11) is 0. The first kappa shape index (κ1) is 12.4. The quantitative estimate of drug-likeness (QED) is 0.814. The molecule has 2 N–H and O–H groups in total. The molecule has 0 saturated carbocycles. The van der Waals surface area contributed by atoms with Crippen LogP contribution in [0.4, 0.5) is 0 Å². The summed E-state index contributed by atoms with van der Waals surface area (Å²) >= 11 is 0. The summed E-state index contributed by atoms with van der Waals surface area (Å²) in [5, 5.41) is 12.4. The van der Waals surface area contributed by atoms with Gasteiger partial charge in [0.2, 0.25) is 0 Å². The standard InChI is InChI=1S/C14H21NO2/c16-9-7-13-5-1-2-6-14(13)17-11-12-4-3-8-15-10-12/h1-2,5-6,12,15-16H,3-4,7-11H2. The van der Waals surface area contributed by atoms with Crippen molar-refractivity contribution in [1.82, 2.24) is 5.32 Å². The fraction of sp³-hybridized carbons (Fsp3) is 0.571. The van der Waals surface area contributed by atoms with Crippen molar-refractivity contribution in [2.75, 3.05) is 26.3 Å². The van der Waals surface area contributed by atoms with Gasteiger partial charge in [-0.15, -0.1) is 0 Å². The second kappa shape index (κ2) is 6.62. The molecule has 0 radical (unpaired) electrons. The number of rotatable bonds is 5. The van der Waals surface area contributed by atoms with Crippen LogP contribution in [0.15, 0.2) is 24.3 Å². The molecule has 1 aromatic rings. The number of benzene rings is 1. The van der Waals surface area contributed by atoms with Crippen molar-refractivity contribution in [3.05, 3.63) is 29.8 Å². The van der Waals surface area contributed by atoms with E-state index in [1.165, 1.54) is 12.8 Å². The zero-order chi connectivity index (χ0) is 11.9. The molecule has 1 heterocycles. The Kier molecular flexibility index (Phi) is 4.83. The Labute approximate surface area is 103 Å². The van der Waals surface area contributed by atoms with E-state index in [1.807, 2.05) is 24.3 Å². The highest BCUT2D eigenvalue weighted by atomic mass is 16.5. The molecule has 3 heteroatoms. The van der Waals surface area contributed by atoms with Crippen LogP contribution in [0.2, 0.25) is 0 Å². The van der Waals surface area contributed by atoms with E-state index < -0.39 is 0 Å². The zero-order valence-corrected chi connectivity index (χ0v) is 10.2. The fourth-order valence-corrected chi connectivity index (χ4v) is 2.25. The van der Waals surface area contributed by atoms with Crippen LogP contribution in [-0.4, -0.2) is 31.4 Å². The van der Waals surface area contributed by atoms with Crippen molar-refractivity contribution in [2.45, 2.75) is 19.3 Å². The van der Waals surface area contributed by atoms with E-state index in [2.05, 4.69) is 5.32 Å². The molecule has 1 aliphatic heterocycles. The first-order valence-electron chi connectivity index (χ1n) is 6.42. The molecule has 1 saturated heterocycles. The SMILES string of the molecule is OCCc1ccccc1OCC1CCCNC1. The average molecular weight is 235 g/mol. The fourth-order valence-electron chi connectivity index (χ4n) is 2.25. The number of piperidine rings is 1. The molecular weight excluding hydrogens is 214 g/mol. The molecule has 2 rings (SSSR count). The third kappa shape index (κ3) is 3.72. The minimum Gasteiger partial charge on any atom is -0.493 e. The van der Waals surface area contributed by atoms with E-state index in [-0.39, 0.29) is 6.61 Å². The number of aliphatic hydroxyl groups excluding tert-OH is 1. The Morgan fingerprint density at radius 3 is 3.00 bits per heavy atom. The van der Waals surface area contributed by atoms with Crippen LogP contribution in [0.5, 0.6) is 5.75 Å². The summed E-state index contributed by atoms with van der Waals surface area (Å²) in [4.78, 5) is 0. The van der Waals surface area contributed by atoms with Gasteiger partial charge in [-0.2, -0.15) is 0 Å². The van der Waals surface area contributed by atoms with Gasteiger partial charge < -0.3 is 15.2 Å². The van der Waals surface area contributed by atoms with Crippen molar-refractivity contribution in [2.24, 2.45) is 5.92 Å². The Balaban J connectivity index is 1.88. The second-order valence-corrected chi connectivity index (χ2v) is 4.60. The lowest BCUT2D eigenvalue weighted by Gasteiger charge is -2.23. The number of para-hydroxylation sites is 1. The summed E-state index contributed by atoms with van der Waals surface area (Å²) in [6, 6.07) is 7.97. The summed E-state index contributed by atoms with van der Waals surface area (Å²) in [6.07, 6.45) is 3.15. The maximum Gasteiger partial charge on any atom is 0.122 e. The molecule has 0 bridgehead atoms. The molecule has 17 heavy (non-hydrogen) atoms. The number of aliphatic hydroxyl groups is 1. The van der Waals surface area contributed by atoms with Gasteiger partial charge in [0, 0.05) is 19.1 Å². The van der Waals surface area contributed by atoms with Crippen LogP contribution in [-0.2, 0) is 6.42 Å². The molecule has 3 nitrogen and oxygen atoms in total. The molecule has 1 unspecified atom stereocenters. The topological polar surface area (TPSA) is 41.5 Å². The van der Waals surface area contributed by atoms with Gasteiger partial charge in [0.1, 0.15) is 5.75 Å². The van der Waals surface area contributed by atoms with Gasteiger partial charge in [0.05, 0.1) is 6.61 Å². The second-order valence-electron chi connectivity index (χ2n) is 4.60. The highest BCUT2D eigenvalue weighted by Crippen LogP contribution is 2.20. The molecular formula is C14H21NO2. The monoisotopic (exact) mass is 235 g/mol. The molecule has 1 aliphatic rings. The molecule has 0 aromatic heterocycles. The maximum atomic E-state index is 9.00. The normalized spacial score (nSPS) is 20.2. The third-order valence-electron chi connectivity index (χ3n) is 3.23. The predicted octanol–water partition coefficient (Wildman–Crippen LogP) is 1.60. The molecule has 1 atom stereocenters. The van der Waals surface area contributed by atoms with Gasteiger partial charge in [-0.3, -0.25) is 0 Å². The van der Waals surface area contributed by atoms with Crippen LogP contribution in [0.3, 0.4) is 0 Å². The van der Waals surface area contributed by atoms with E-state index in [9.17, 15) is 0 Å². The molecule has 0 spiro atoms. The van der Waals surface area contributed by atoms with Gasteiger partial charge in [-0.1, -0.05) is 18.2 Å². The lowest BCUT2D eigenvalue weighted by molar-refractivity contribution is 0.215. The molecule has 94 valence electrons. The Morgan fingerprint density at radius 1 is 1.35 bits per heavy atom. The Morgan fingerprint density at radius 2 is 2.24 bits per heavy atom. The van der Waals surface area contributed by atoms with Gasteiger partial charge >= 0.3 is 0 Å². The lowest BCUT2D eigenvalue weighted by Crippen LogP contribution is -2.33. The molecule has 1 fully saturated rings. The summed E-state index contributed by atoms with van der Waals surface area (Å²) in [6.45, 7) is 3.14. The minimum absolute atomic E-state index is 0.172. The maximum absolute atomic E-state index is 9.00. The third-order valence-corrected chi connectivity index (χ3v) is 3.23. The number of ether oxygens (including phenoxy) is 1. The number of hydrogen-bond donors (Lipinski definition) is 2. The van der Waals surface area contributed by atoms with Crippen LogP contribution in [0, 0.1) is 5.92 Å². The van der Waals surface area contributed by atoms with Gasteiger partial charge in [-0.05, 0) is 37.4 Å². The number of hydrogen-bond acceptors (Lipinski definition) is 3.